The number of rotatable bonds is 2. The molecule has 0 bridgehead atoms. The first-order valence-electron chi connectivity index (χ1n) is 5.86. The van der Waals surface area contributed by atoms with Gasteiger partial charge in [0.05, 0.1) is 12.3 Å². The molecule has 1 aromatic rings. The average molecular weight is 218 g/mol. The van der Waals surface area contributed by atoms with Gasteiger partial charge < -0.3 is 0 Å². The van der Waals surface area contributed by atoms with Gasteiger partial charge in [0.25, 0.3) is 0 Å². The van der Waals surface area contributed by atoms with Gasteiger partial charge in [-0.15, -0.1) is 0 Å². The number of hydrogen-bond acceptors (Lipinski definition) is 3. The second-order valence-electron chi connectivity index (χ2n) is 4.44. The lowest BCUT2D eigenvalue weighted by Crippen LogP contribution is -2.33. The SMILES string of the molecule is Cc1c(C(C#N)N2CCCCC2)cnn1C. The van der Waals surface area contributed by atoms with Crippen LogP contribution in [0.15, 0.2) is 6.20 Å². The van der Waals surface area contributed by atoms with Gasteiger partial charge in [-0.3, -0.25) is 9.58 Å². The van der Waals surface area contributed by atoms with Crippen molar-refractivity contribution in [3.63, 3.8) is 0 Å². The molecule has 0 aliphatic carbocycles. The third kappa shape index (κ3) is 1.96. The molecule has 1 aliphatic heterocycles. The summed E-state index contributed by atoms with van der Waals surface area (Å²) in [7, 11) is 1.92. The fraction of sp³-hybridized carbons (Fsp3) is 0.667. The Labute approximate surface area is 96.5 Å². The van der Waals surface area contributed by atoms with E-state index in [2.05, 4.69) is 16.1 Å². The molecule has 0 aromatic carbocycles. The van der Waals surface area contributed by atoms with Crippen LogP contribution < -0.4 is 0 Å². The van der Waals surface area contributed by atoms with Gasteiger partial charge in [-0.2, -0.15) is 10.4 Å². The van der Waals surface area contributed by atoms with Crippen molar-refractivity contribution in [1.29, 1.82) is 5.26 Å². The Balaban J connectivity index is 2.22. The van der Waals surface area contributed by atoms with E-state index in [0.717, 1.165) is 24.3 Å². The van der Waals surface area contributed by atoms with Gasteiger partial charge in [-0.25, -0.2) is 0 Å². The molecule has 1 aromatic heterocycles. The molecule has 4 heteroatoms. The minimum atomic E-state index is -0.117. The summed E-state index contributed by atoms with van der Waals surface area (Å²) in [5, 5.41) is 13.6. The van der Waals surface area contributed by atoms with E-state index in [1.54, 1.807) is 0 Å². The van der Waals surface area contributed by atoms with Crippen molar-refractivity contribution in [3.8, 4) is 6.07 Å². The first-order valence-corrected chi connectivity index (χ1v) is 5.86. The quantitative estimate of drug-likeness (QED) is 0.760. The highest BCUT2D eigenvalue weighted by Crippen LogP contribution is 2.25. The Morgan fingerprint density at radius 2 is 2.06 bits per heavy atom. The minimum Gasteiger partial charge on any atom is -0.284 e. The van der Waals surface area contributed by atoms with E-state index < -0.39 is 0 Å². The van der Waals surface area contributed by atoms with Crippen LogP contribution in [-0.2, 0) is 7.05 Å². The molecule has 0 N–H and O–H groups in total. The predicted molar refractivity (Wildman–Crippen MR) is 61.7 cm³/mol. The zero-order chi connectivity index (χ0) is 11.5. The number of nitriles is 1. The third-order valence-electron chi connectivity index (χ3n) is 3.45. The first kappa shape index (κ1) is 11.2. The van der Waals surface area contributed by atoms with E-state index >= 15 is 0 Å². The van der Waals surface area contributed by atoms with Gasteiger partial charge in [0.15, 0.2) is 0 Å². The van der Waals surface area contributed by atoms with Gasteiger partial charge >= 0.3 is 0 Å². The number of aromatic nitrogens is 2. The minimum absolute atomic E-state index is 0.117. The molecule has 16 heavy (non-hydrogen) atoms. The van der Waals surface area contributed by atoms with E-state index in [9.17, 15) is 5.26 Å². The number of piperidine rings is 1. The second kappa shape index (κ2) is 4.67. The fourth-order valence-corrected chi connectivity index (χ4v) is 2.31. The highest BCUT2D eigenvalue weighted by molar-refractivity contribution is 5.26. The Hall–Kier alpha value is -1.34. The summed E-state index contributed by atoms with van der Waals surface area (Å²) in [4.78, 5) is 2.27. The van der Waals surface area contributed by atoms with Crippen molar-refractivity contribution >= 4 is 0 Å². The topological polar surface area (TPSA) is 44.9 Å². The number of nitrogens with zero attached hydrogens (tertiary/aromatic N) is 4. The van der Waals surface area contributed by atoms with Crippen molar-refractivity contribution in [2.45, 2.75) is 32.2 Å². The van der Waals surface area contributed by atoms with Crippen LogP contribution in [0.2, 0.25) is 0 Å². The summed E-state index contributed by atoms with van der Waals surface area (Å²) in [5.41, 5.74) is 2.16. The highest BCUT2D eigenvalue weighted by atomic mass is 15.3. The molecule has 0 radical (unpaired) electrons. The molecular weight excluding hydrogens is 200 g/mol. The first-order chi connectivity index (χ1) is 7.74. The molecule has 1 atom stereocenters. The van der Waals surface area contributed by atoms with Gasteiger partial charge in [0, 0.05) is 18.3 Å². The van der Waals surface area contributed by atoms with Crippen LogP contribution in [0.4, 0.5) is 0 Å². The van der Waals surface area contributed by atoms with E-state index in [1.807, 2.05) is 24.9 Å². The summed E-state index contributed by atoms with van der Waals surface area (Å²) in [6.07, 6.45) is 5.54. The van der Waals surface area contributed by atoms with Gasteiger partial charge in [-0.1, -0.05) is 6.42 Å². The molecule has 2 rings (SSSR count). The Bertz CT molecular complexity index is 396. The second-order valence-corrected chi connectivity index (χ2v) is 4.44. The average Bonchev–Trinajstić information content (AvgIpc) is 2.64. The van der Waals surface area contributed by atoms with Crippen molar-refractivity contribution in [2.24, 2.45) is 7.05 Å². The van der Waals surface area contributed by atoms with Crippen molar-refractivity contribution in [3.05, 3.63) is 17.5 Å². The molecule has 1 aliphatic rings. The largest absolute Gasteiger partial charge is 0.284 e. The summed E-state index contributed by atoms with van der Waals surface area (Å²) in [6.45, 7) is 4.09. The summed E-state index contributed by atoms with van der Waals surface area (Å²) < 4.78 is 1.84. The number of hydrogen-bond donors (Lipinski definition) is 0. The third-order valence-corrected chi connectivity index (χ3v) is 3.45. The van der Waals surface area contributed by atoms with Crippen LogP contribution in [0, 0.1) is 18.3 Å². The van der Waals surface area contributed by atoms with Crippen molar-refractivity contribution in [1.82, 2.24) is 14.7 Å². The van der Waals surface area contributed by atoms with E-state index in [1.165, 1.54) is 19.3 Å². The number of aryl methyl sites for hydroxylation is 1. The lowest BCUT2D eigenvalue weighted by atomic mass is 10.0. The molecule has 2 heterocycles. The molecule has 86 valence electrons. The molecule has 0 spiro atoms. The summed E-state index contributed by atoms with van der Waals surface area (Å²) in [5.74, 6) is 0. The highest BCUT2D eigenvalue weighted by Gasteiger charge is 2.24. The Morgan fingerprint density at radius 3 is 2.56 bits per heavy atom. The van der Waals surface area contributed by atoms with Crippen LogP contribution in [0.5, 0.6) is 0 Å². The summed E-state index contributed by atoms with van der Waals surface area (Å²) >= 11 is 0. The van der Waals surface area contributed by atoms with Gasteiger partial charge in [0.2, 0.25) is 0 Å². The maximum absolute atomic E-state index is 9.34. The van der Waals surface area contributed by atoms with Gasteiger partial charge in [0.1, 0.15) is 6.04 Å². The van der Waals surface area contributed by atoms with Crippen LogP contribution in [0.1, 0.15) is 36.6 Å². The lowest BCUT2D eigenvalue weighted by molar-refractivity contribution is 0.195. The monoisotopic (exact) mass is 218 g/mol. The van der Waals surface area contributed by atoms with Crippen molar-refractivity contribution < 1.29 is 0 Å². The van der Waals surface area contributed by atoms with Crippen molar-refractivity contribution in [2.75, 3.05) is 13.1 Å². The molecular formula is C12H18N4. The summed E-state index contributed by atoms with van der Waals surface area (Å²) in [6, 6.07) is 2.30. The molecule has 4 nitrogen and oxygen atoms in total. The Kier molecular flexibility index (Phi) is 3.25. The van der Waals surface area contributed by atoms with Crippen LogP contribution in [0.25, 0.3) is 0 Å². The lowest BCUT2D eigenvalue weighted by Gasteiger charge is -2.30. The number of likely N-dealkylation sites (tertiary alicyclic amines) is 1. The van der Waals surface area contributed by atoms with Gasteiger partial charge in [-0.05, 0) is 32.9 Å². The van der Waals surface area contributed by atoms with E-state index in [4.69, 9.17) is 0 Å². The molecule has 1 fully saturated rings. The molecule has 0 amide bonds. The maximum Gasteiger partial charge on any atom is 0.127 e. The van der Waals surface area contributed by atoms with Crippen LogP contribution in [-0.4, -0.2) is 27.8 Å². The van der Waals surface area contributed by atoms with E-state index in [0.29, 0.717) is 0 Å². The molecule has 1 saturated heterocycles. The van der Waals surface area contributed by atoms with Crippen LogP contribution >= 0.6 is 0 Å². The van der Waals surface area contributed by atoms with E-state index in [-0.39, 0.29) is 6.04 Å². The zero-order valence-corrected chi connectivity index (χ0v) is 9.98. The predicted octanol–water partition coefficient (Wildman–Crippen LogP) is 1.78. The fourth-order valence-electron chi connectivity index (χ4n) is 2.31. The Morgan fingerprint density at radius 1 is 1.38 bits per heavy atom. The maximum atomic E-state index is 9.34. The standard InChI is InChI=1S/C12H18N4/c1-10-11(9-14-15(10)2)12(8-13)16-6-4-3-5-7-16/h9,12H,3-7H2,1-2H3. The smallest absolute Gasteiger partial charge is 0.127 e. The zero-order valence-electron chi connectivity index (χ0n) is 9.98. The van der Waals surface area contributed by atoms with Crippen LogP contribution in [0.3, 0.4) is 0 Å². The molecule has 1 unspecified atom stereocenters. The molecule has 0 saturated carbocycles. The normalized spacial score (nSPS) is 19.3.